The van der Waals surface area contributed by atoms with E-state index in [-0.39, 0.29) is 42.4 Å². The molecule has 152 valence electrons. The zero-order chi connectivity index (χ0) is 20.7. The van der Waals surface area contributed by atoms with Gasteiger partial charge >= 0.3 is 0 Å². The number of fused-ring (bicyclic) bond motifs is 1. The molecule has 4 N–H and O–H groups in total. The molecule has 0 bridgehead atoms. The van der Waals surface area contributed by atoms with Crippen molar-refractivity contribution in [2.45, 2.75) is 31.4 Å². The van der Waals surface area contributed by atoms with Gasteiger partial charge in [0, 0.05) is 18.1 Å². The van der Waals surface area contributed by atoms with Crippen LogP contribution in [0.25, 0.3) is 11.2 Å². The van der Waals surface area contributed by atoms with Gasteiger partial charge < -0.3 is 20.7 Å². The third-order valence-electron chi connectivity index (χ3n) is 4.92. The average Bonchev–Trinajstić information content (AvgIpc) is 3.28. The molecule has 4 rings (SSSR count). The Balaban J connectivity index is 1.74. The summed E-state index contributed by atoms with van der Waals surface area (Å²) < 4.78 is 8.17. The van der Waals surface area contributed by atoms with Gasteiger partial charge in [0.25, 0.3) is 11.2 Å². The minimum atomic E-state index is -0.862. The number of aliphatic hydroxyl groups is 2. The summed E-state index contributed by atoms with van der Waals surface area (Å²) in [4.78, 5) is 31.9. The maximum Gasteiger partial charge on any atom is 0.283 e. The number of aliphatic hydroxyl groups excluding tert-OH is 2. The van der Waals surface area contributed by atoms with E-state index in [2.05, 4.69) is 9.97 Å². The Morgan fingerprint density at radius 1 is 1.38 bits per heavy atom. The van der Waals surface area contributed by atoms with Crippen molar-refractivity contribution in [2.24, 2.45) is 0 Å². The number of nitrogen functional groups attached to an aromatic ring is 1. The summed E-state index contributed by atoms with van der Waals surface area (Å²) in [5.41, 5.74) is 5.79. The fraction of sp³-hybridized carbons (Fsp3) is 0.353. The lowest BCUT2D eigenvalue weighted by atomic mass is 10.2. The predicted molar refractivity (Wildman–Crippen MR) is 100 cm³/mol. The van der Waals surface area contributed by atoms with Crippen molar-refractivity contribution in [2.75, 3.05) is 12.3 Å². The topological polar surface area (TPSA) is 172 Å². The van der Waals surface area contributed by atoms with Gasteiger partial charge in [0.2, 0.25) is 5.95 Å². The number of aromatic nitrogens is 4. The Bertz CT molecular complexity index is 1140. The van der Waals surface area contributed by atoms with Gasteiger partial charge in [-0.15, -0.1) is 0 Å². The number of nitro groups is 1. The molecule has 3 atom stereocenters. The van der Waals surface area contributed by atoms with Crippen molar-refractivity contribution in [3.05, 3.63) is 56.6 Å². The monoisotopic (exact) mass is 402 g/mol. The van der Waals surface area contributed by atoms with Gasteiger partial charge in [0.1, 0.15) is 12.3 Å². The minimum Gasteiger partial charge on any atom is -0.394 e. The molecule has 0 saturated carbocycles. The fourth-order valence-electron chi connectivity index (χ4n) is 3.42. The minimum absolute atomic E-state index is 0.0170. The van der Waals surface area contributed by atoms with Crippen LogP contribution in [0.5, 0.6) is 0 Å². The van der Waals surface area contributed by atoms with Gasteiger partial charge in [-0.2, -0.15) is 4.98 Å². The van der Waals surface area contributed by atoms with Crippen molar-refractivity contribution in [1.29, 1.82) is 0 Å². The molecule has 2 aromatic heterocycles. The summed E-state index contributed by atoms with van der Waals surface area (Å²) in [6, 6.07) is 6.05. The Labute approximate surface area is 162 Å². The highest BCUT2D eigenvalue weighted by atomic mass is 16.6. The Kier molecular flexibility index (Phi) is 4.74. The number of imidazole rings is 1. The third kappa shape index (κ3) is 3.22. The van der Waals surface area contributed by atoms with Gasteiger partial charge in [-0.05, 0) is 0 Å². The number of ether oxygens (including phenoxy) is 1. The molecular weight excluding hydrogens is 384 g/mol. The number of nitrogens with two attached hydrogens (primary N) is 1. The highest BCUT2D eigenvalue weighted by molar-refractivity contribution is 5.71. The van der Waals surface area contributed by atoms with Gasteiger partial charge in [0.05, 0.1) is 30.5 Å². The number of nitro benzene ring substituents is 1. The number of hydrogen-bond donors (Lipinski definition) is 3. The largest absolute Gasteiger partial charge is 0.394 e. The molecule has 29 heavy (non-hydrogen) atoms. The first-order valence-electron chi connectivity index (χ1n) is 8.80. The lowest BCUT2D eigenvalue weighted by Crippen LogP contribution is -2.26. The van der Waals surface area contributed by atoms with Gasteiger partial charge in [0.15, 0.2) is 11.2 Å². The van der Waals surface area contributed by atoms with Crippen molar-refractivity contribution in [1.82, 2.24) is 19.1 Å². The molecule has 0 amide bonds. The van der Waals surface area contributed by atoms with E-state index in [0.717, 1.165) is 4.57 Å². The van der Waals surface area contributed by atoms with Crippen LogP contribution in [0.4, 0.5) is 11.6 Å². The molecule has 0 radical (unpaired) electrons. The molecule has 1 aliphatic rings. The molecule has 0 aliphatic carbocycles. The van der Waals surface area contributed by atoms with Crippen molar-refractivity contribution < 1.29 is 19.9 Å². The lowest BCUT2D eigenvalue weighted by molar-refractivity contribution is -0.385. The highest BCUT2D eigenvalue weighted by Crippen LogP contribution is 2.30. The van der Waals surface area contributed by atoms with E-state index in [1.807, 2.05) is 0 Å². The lowest BCUT2D eigenvalue weighted by Gasteiger charge is -2.14. The Hall–Kier alpha value is -3.35. The first-order valence-corrected chi connectivity index (χ1v) is 8.80. The van der Waals surface area contributed by atoms with Crippen LogP contribution in [0.1, 0.15) is 18.2 Å². The van der Waals surface area contributed by atoms with Crippen LogP contribution < -0.4 is 11.3 Å². The van der Waals surface area contributed by atoms with Crippen LogP contribution in [0.15, 0.2) is 35.4 Å². The average molecular weight is 402 g/mol. The number of hydrogen-bond acceptors (Lipinski definition) is 9. The van der Waals surface area contributed by atoms with E-state index < -0.39 is 28.9 Å². The summed E-state index contributed by atoms with van der Waals surface area (Å²) >= 11 is 0. The van der Waals surface area contributed by atoms with E-state index in [1.165, 1.54) is 29.1 Å². The van der Waals surface area contributed by atoms with Gasteiger partial charge in [-0.1, -0.05) is 18.2 Å². The zero-order valence-electron chi connectivity index (χ0n) is 15.1. The van der Waals surface area contributed by atoms with Gasteiger partial charge in [-0.3, -0.25) is 24.0 Å². The summed E-state index contributed by atoms with van der Waals surface area (Å²) in [6.07, 6.45) is -0.722. The SMILES string of the molecule is Nc1nc2c(ncn2[C@H]2C[C@H](O)[C@@H](CO)O2)c(=O)n1Cc1ccccc1[N+](=O)[O-]. The molecule has 0 spiro atoms. The predicted octanol–water partition coefficient (Wildman–Crippen LogP) is -0.228. The normalized spacial score (nSPS) is 21.7. The second kappa shape index (κ2) is 7.24. The van der Waals surface area contributed by atoms with Crippen LogP contribution in [-0.2, 0) is 11.3 Å². The van der Waals surface area contributed by atoms with E-state index in [0.29, 0.717) is 5.56 Å². The maximum absolute atomic E-state index is 12.9. The third-order valence-corrected chi connectivity index (χ3v) is 4.92. The second-order valence-corrected chi connectivity index (χ2v) is 6.69. The molecule has 1 fully saturated rings. The Morgan fingerprint density at radius 2 is 2.14 bits per heavy atom. The van der Waals surface area contributed by atoms with Crippen LogP contribution in [-0.4, -0.2) is 53.1 Å². The first kappa shape index (κ1) is 19.0. The van der Waals surface area contributed by atoms with Crippen molar-refractivity contribution in [3.63, 3.8) is 0 Å². The number of rotatable bonds is 5. The molecular formula is C17H18N6O6. The summed E-state index contributed by atoms with van der Waals surface area (Å²) in [6.45, 7) is -0.481. The fourth-order valence-corrected chi connectivity index (χ4v) is 3.42. The van der Waals surface area contributed by atoms with Crippen LogP contribution in [0, 0.1) is 10.1 Å². The number of anilines is 1. The smallest absolute Gasteiger partial charge is 0.283 e. The van der Waals surface area contributed by atoms with E-state index in [9.17, 15) is 25.1 Å². The summed E-state index contributed by atoms with van der Waals surface area (Å²) in [7, 11) is 0. The maximum atomic E-state index is 12.9. The molecule has 1 aromatic carbocycles. The van der Waals surface area contributed by atoms with Crippen LogP contribution in [0.2, 0.25) is 0 Å². The molecule has 1 saturated heterocycles. The summed E-state index contributed by atoms with van der Waals surface area (Å²) in [5, 5.41) is 30.4. The molecule has 3 aromatic rings. The van der Waals surface area contributed by atoms with Crippen molar-refractivity contribution >= 4 is 22.8 Å². The number of nitrogens with zero attached hydrogens (tertiary/aromatic N) is 5. The number of benzene rings is 1. The van der Waals surface area contributed by atoms with Crippen molar-refractivity contribution in [3.8, 4) is 0 Å². The molecule has 12 nitrogen and oxygen atoms in total. The molecule has 1 aliphatic heterocycles. The highest BCUT2D eigenvalue weighted by Gasteiger charge is 2.35. The van der Waals surface area contributed by atoms with Gasteiger partial charge in [-0.25, -0.2) is 4.98 Å². The van der Waals surface area contributed by atoms with E-state index >= 15 is 0 Å². The molecule has 12 heteroatoms. The summed E-state index contributed by atoms with van der Waals surface area (Å²) in [5.74, 6) is -0.139. The second-order valence-electron chi connectivity index (χ2n) is 6.69. The Morgan fingerprint density at radius 3 is 2.83 bits per heavy atom. The van der Waals surface area contributed by atoms with E-state index in [1.54, 1.807) is 6.07 Å². The van der Waals surface area contributed by atoms with Crippen LogP contribution in [0.3, 0.4) is 0 Å². The number of para-hydroxylation sites is 1. The van der Waals surface area contributed by atoms with E-state index in [4.69, 9.17) is 10.5 Å². The molecule has 0 unspecified atom stereocenters. The first-order chi connectivity index (χ1) is 13.9. The van der Waals surface area contributed by atoms with Crippen LogP contribution >= 0.6 is 0 Å². The quantitative estimate of drug-likeness (QED) is 0.385. The molecule has 3 heterocycles. The standard InChI is InChI=1S/C17H18N6O6/c18-17-20-15-14(19-8-22(15)13-5-11(25)12(7-24)29-13)16(26)21(17)6-9-3-1-2-4-10(9)23(27)28/h1-4,8,11-13,24-25H,5-7H2,(H2,18,20)/t11-,12+,13+/m0/s1. The zero-order valence-corrected chi connectivity index (χ0v) is 15.1.